The summed E-state index contributed by atoms with van der Waals surface area (Å²) in [5, 5.41) is 12.3. The largest absolute Gasteiger partial charge is 0.481 e. The lowest BCUT2D eigenvalue weighted by Gasteiger charge is -2.33. The molecule has 1 rings (SSSR count). The van der Waals surface area contributed by atoms with Gasteiger partial charge in [0.1, 0.15) is 0 Å². The Bertz CT molecular complexity index is 496. The number of allylic oxidation sites excluding steroid dienone is 1. The van der Waals surface area contributed by atoms with Crippen LogP contribution in [0.4, 0.5) is 5.69 Å². The van der Waals surface area contributed by atoms with Crippen LogP contribution in [0.2, 0.25) is 0 Å². The van der Waals surface area contributed by atoms with E-state index in [1.807, 2.05) is 19.1 Å². The lowest BCUT2D eigenvalue weighted by molar-refractivity contribution is -0.137. The van der Waals surface area contributed by atoms with Gasteiger partial charge < -0.3 is 10.4 Å². The molecule has 0 aromatic heterocycles. The van der Waals surface area contributed by atoms with Gasteiger partial charge >= 0.3 is 5.97 Å². The van der Waals surface area contributed by atoms with Crippen LogP contribution in [-0.4, -0.2) is 17.6 Å². The fourth-order valence-electron chi connectivity index (χ4n) is 2.55. The summed E-state index contributed by atoms with van der Waals surface area (Å²) in [6, 6.07) is 8.26. The highest BCUT2D eigenvalue weighted by Crippen LogP contribution is 2.39. The molecule has 0 spiro atoms. The smallest absolute Gasteiger partial charge is 0.303 e. The normalized spacial score (nSPS) is 13.5. The van der Waals surface area contributed by atoms with Gasteiger partial charge in [-0.25, -0.2) is 0 Å². The molecule has 1 atom stereocenters. The van der Waals surface area contributed by atoms with E-state index < -0.39 is 5.97 Å². The Morgan fingerprint density at radius 1 is 1.38 bits per heavy atom. The average Bonchev–Trinajstić information content (AvgIpc) is 2.44. The second-order valence-corrected chi connectivity index (χ2v) is 5.83. The Balaban J connectivity index is 3.03. The first-order chi connectivity index (χ1) is 9.91. The molecule has 3 nitrogen and oxygen atoms in total. The van der Waals surface area contributed by atoms with Gasteiger partial charge in [-0.05, 0) is 37.8 Å². The lowest BCUT2D eigenvalue weighted by Crippen LogP contribution is -2.25. The summed E-state index contributed by atoms with van der Waals surface area (Å²) in [5.41, 5.74) is 3.20. The zero-order valence-corrected chi connectivity index (χ0v) is 13.4. The fraction of sp³-hybridized carbons (Fsp3) is 0.500. The summed E-state index contributed by atoms with van der Waals surface area (Å²) in [6.07, 6.45) is 2.71. The topological polar surface area (TPSA) is 49.3 Å². The highest BCUT2D eigenvalue weighted by Gasteiger charge is 2.29. The van der Waals surface area contributed by atoms with Crippen LogP contribution >= 0.6 is 0 Å². The Morgan fingerprint density at radius 2 is 2.05 bits per heavy atom. The first-order valence-electron chi connectivity index (χ1n) is 7.63. The number of hydrogen-bond donors (Lipinski definition) is 2. The first-order valence-corrected chi connectivity index (χ1v) is 7.63. The Hall–Kier alpha value is -1.77. The molecule has 3 heteroatoms. The summed E-state index contributed by atoms with van der Waals surface area (Å²) >= 11 is 0. The van der Waals surface area contributed by atoms with Crippen molar-refractivity contribution in [1.29, 1.82) is 0 Å². The van der Waals surface area contributed by atoms with Gasteiger partial charge in [-0.1, -0.05) is 44.2 Å². The van der Waals surface area contributed by atoms with Gasteiger partial charge in [0.2, 0.25) is 0 Å². The number of nitrogens with one attached hydrogen (secondary N) is 1. The summed E-state index contributed by atoms with van der Waals surface area (Å²) in [7, 11) is 0. The van der Waals surface area contributed by atoms with E-state index in [0.29, 0.717) is 6.42 Å². The van der Waals surface area contributed by atoms with Gasteiger partial charge in [0.25, 0.3) is 0 Å². The third-order valence-electron chi connectivity index (χ3n) is 4.10. The maximum Gasteiger partial charge on any atom is 0.303 e. The maximum absolute atomic E-state index is 10.8. The second-order valence-electron chi connectivity index (χ2n) is 5.83. The summed E-state index contributed by atoms with van der Waals surface area (Å²) in [6.45, 7) is 11.4. The molecule has 0 fully saturated rings. The number of para-hydroxylation sites is 1. The zero-order valence-electron chi connectivity index (χ0n) is 13.4. The predicted octanol–water partition coefficient (Wildman–Crippen LogP) is 4.60. The SMILES string of the molecule is C=C(C)[C@](C)(CCCC(=O)O)c1ccccc1NCCC. The number of hydrogen-bond acceptors (Lipinski definition) is 2. The maximum atomic E-state index is 10.8. The fourth-order valence-corrected chi connectivity index (χ4v) is 2.55. The second kappa shape index (κ2) is 7.87. The standard InChI is InChI=1S/C18H27NO2/c1-5-13-19-16-10-7-6-9-15(16)18(4,14(2)3)12-8-11-17(20)21/h6-7,9-10,19H,2,5,8,11-13H2,1,3-4H3,(H,20,21)/t18-/m0/s1. The number of carbonyl (C=O) groups is 1. The molecule has 1 aromatic carbocycles. The highest BCUT2D eigenvalue weighted by atomic mass is 16.4. The predicted molar refractivity (Wildman–Crippen MR) is 88.9 cm³/mol. The summed E-state index contributed by atoms with van der Waals surface area (Å²) in [4.78, 5) is 10.8. The van der Waals surface area contributed by atoms with E-state index in [-0.39, 0.29) is 11.8 Å². The average molecular weight is 289 g/mol. The van der Waals surface area contributed by atoms with E-state index in [9.17, 15) is 4.79 Å². The molecule has 0 unspecified atom stereocenters. The van der Waals surface area contributed by atoms with Crippen molar-refractivity contribution in [2.24, 2.45) is 0 Å². The van der Waals surface area contributed by atoms with Crippen LogP contribution in [0, 0.1) is 0 Å². The molecule has 0 aliphatic carbocycles. The Labute approximate surface area is 128 Å². The van der Waals surface area contributed by atoms with Crippen LogP contribution in [0.5, 0.6) is 0 Å². The molecule has 0 aliphatic heterocycles. The molecule has 0 saturated carbocycles. The molecule has 21 heavy (non-hydrogen) atoms. The van der Waals surface area contributed by atoms with Crippen molar-refractivity contribution in [1.82, 2.24) is 0 Å². The third-order valence-corrected chi connectivity index (χ3v) is 4.10. The van der Waals surface area contributed by atoms with Gasteiger partial charge in [0.05, 0.1) is 0 Å². The molecule has 0 heterocycles. The number of aliphatic carboxylic acids is 1. The van der Waals surface area contributed by atoms with Crippen molar-refractivity contribution in [2.45, 2.75) is 51.9 Å². The van der Waals surface area contributed by atoms with Gasteiger partial charge in [-0.3, -0.25) is 4.79 Å². The first kappa shape index (κ1) is 17.3. The minimum absolute atomic E-state index is 0.202. The van der Waals surface area contributed by atoms with E-state index in [4.69, 9.17) is 5.11 Å². The summed E-state index contributed by atoms with van der Waals surface area (Å²) in [5.74, 6) is -0.739. The highest BCUT2D eigenvalue weighted by molar-refractivity contribution is 5.66. The Kier molecular flexibility index (Phi) is 6.47. The van der Waals surface area contributed by atoms with Crippen LogP contribution < -0.4 is 5.32 Å². The molecule has 0 radical (unpaired) electrons. The minimum atomic E-state index is -0.739. The van der Waals surface area contributed by atoms with Crippen LogP contribution in [0.1, 0.15) is 52.0 Å². The number of rotatable bonds is 9. The van der Waals surface area contributed by atoms with Crippen LogP contribution in [0.15, 0.2) is 36.4 Å². The molecule has 116 valence electrons. The van der Waals surface area contributed by atoms with E-state index in [1.54, 1.807) is 0 Å². The van der Waals surface area contributed by atoms with E-state index >= 15 is 0 Å². The van der Waals surface area contributed by atoms with Crippen LogP contribution in [-0.2, 0) is 10.2 Å². The minimum Gasteiger partial charge on any atom is -0.481 e. The number of benzene rings is 1. The molecular weight excluding hydrogens is 262 g/mol. The van der Waals surface area contributed by atoms with Crippen LogP contribution in [0.25, 0.3) is 0 Å². The van der Waals surface area contributed by atoms with Gasteiger partial charge in [0.15, 0.2) is 0 Å². The van der Waals surface area contributed by atoms with Gasteiger partial charge in [-0.15, -0.1) is 0 Å². The molecule has 0 bridgehead atoms. The molecule has 0 saturated heterocycles. The molecule has 2 N–H and O–H groups in total. The number of carboxylic acid groups (broad SMARTS) is 1. The molecule has 0 aliphatic rings. The summed E-state index contributed by atoms with van der Waals surface area (Å²) < 4.78 is 0. The molecule has 1 aromatic rings. The Morgan fingerprint density at radius 3 is 2.62 bits per heavy atom. The van der Waals surface area contributed by atoms with Crippen molar-refractivity contribution in [3.63, 3.8) is 0 Å². The monoisotopic (exact) mass is 289 g/mol. The van der Waals surface area contributed by atoms with Crippen molar-refractivity contribution in [3.8, 4) is 0 Å². The third kappa shape index (κ3) is 4.62. The van der Waals surface area contributed by atoms with Crippen molar-refractivity contribution in [2.75, 3.05) is 11.9 Å². The zero-order chi connectivity index (χ0) is 15.9. The molecular formula is C18H27NO2. The van der Waals surface area contributed by atoms with Crippen molar-refractivity contribution in [3.05, 3.63) is 42.0 Å². The van der Waals surface area contributed by atoms with Crippen LogP contribution in [0.3, 0.4) is 0 Å². The van der Waals surface area contributed by atoms with Gasteiger partial charge in [0, 0.05) is 24.1 Å². The lowest BCUT2D eigenvalue weighted by atomic mass is 9.72. The number of carboxylic acids is 1. The van der Waals surface area contributed by atoms with Gasteiger partial charge in [-0.2, -0.15) is 0 Å². The van der Waals surface area contributed by atoms with Crippen molar-refractivity contribution < 1.29 is 9.90 Å². The van der Waals surface area contributed by atoms with E-state index in [2.05, 4.69) is 37.9 Å². The van der Waals surface area contributed by atoms with E-state index in [0.717, 1.165) is 30.6 Å². The number of anilines is 1. The van der Waals surface area contributed by atoms with E-state index in [1.165, 1.54) is 5.56 Å². The molecule has 0 amide bonds. The quantitative estimate of drug-likeness (QED) is 0.653. The van der Waals surface area contributed by atoms with Crippen molar-refractivity contribution >= 4 is 11.7 Å².